The number of halogens is 2. The molecule has 1 aliphatic rings. The van der Waals surface area contributed by atoms with Gasteiger partial charge in [-0.2, -0.15) is 0 Å². The summed E-state index contributed by atoms with van der Waals surface area (Å²) in [5, 5.41) is 1.05. The van der Waals surface area contributed by atoms with E-state index in [0.29, 0.717) is 16.5 Å². The van der Waals surface area contributed by atoms with E-state index in [2.05, 4.69) is 0 Å². The summed E-state index contributed by atoms with van der Waals surface area (Å²) in [6.07, 6.45) is 3.36. The van der Waals surface area contributed by atoms with Gasteiger partial charge in [0.1, 0.15) is 5.78 Å². The van der Waals surface area contributed by atoms with Gasteiger partial charge < -0.3 is 0 Å². The Kier molecular flexibility index (Phi) is 4.05. The number of ketones is 1. The van der Waals surface area contributed by atoms with Crippen molar-refractivity contribution in [1.29, 1.82) is 0 Å². The largest absolute Gasteiger partial charge is 0.298 e. The minimum absolute atomic E-state index is 0.276. The monoisotopic (exact) mass is 318 g/mol. The maximum atomic E-state index is 12.8. The SMILES string of the molecule is O=C(Cc1ccccc1)C1(c2ccc(Cl)c(Cl)c2)CCC1. The highest BCUT2D eigenvalue weighted by Crippen LogP contribution is 2.46. The molecule has 3 heteroatoms. The average Bonchev–Trinajstić information content (AvgIpc) is 2.42. The summed E-state index contributed by atoms with van der Waals surface area (Å²) >= 11 is 12.1. The summed E-state index contributed by atoms with van der Waals surface area (Å²) in [4.78, 5) is 12.8. The predicted molar refractivity (Wildman–Crippen MR) is 87.1 cm³/mol. The Bertz CT molecular complexity index is 660. The Morgan fingerprint density at radius 2 is 1.71 bits per heavy atom. The van der Waals surface area contributed by atoms with E-state index < -0.39 is 0 Å². The van der Waals surface area contributed by atoms with Crippen molar-refractivity contribution in [3.05, 3.63) is 69.7 Å². The predicted octanol–water partition coefficient (Wildman–Crippen LogP) is 5.23. The fourth-order valence-electron chi connectivity index (χ4n) is 3.00. The maximum Gasteiger partial charge on any atom is 0.147 e. The topological polar surface area (TPSA) is 17.1 Å². The highest BCUT2D eigenvalue weighted by atomic mass is 35.5. The van der Waals surface area contributed by atoms with Gasteiger partial charge in [-0.1, -0.05) is 66.0 Å². The van der Waals surface area contributed by atoms with E-state index in [4.69, 9.17) is 23.2 Å². The minimum atomic E-state index is -0.371. The highest BCUT2D eigenvalue weighted by Gasteiger charge is 2.44. The zero-order valence-electron chi connectivity index (χ0n) is 11.6. The normalized spacial score (nSPS) is 16.3. The summed E-state index contributed by atoms with van der Waals surface area (Å²) in [5.41, 5.74) is 1.70. The molecule has 0 unspecified atom stereocenters. The number of hydrogen-bond donors (Lipinski definition) is 0. The number of rotatable bonds is 4. The average molecular weight is 319 g/mol. The molecular formula is C18H16Cl2O. The molecule has 0 spiro atoms. The van der Waals surface area contributed by atoms with Crippen LogP contribution < -0.4 is 0 Å². The van der Waals surface area contributed by atoms with Crippen LogP contribution in [0.1, 0.15) is 30.4 Å². The molecule has 0 aliphatic heterocycles. The number of hydrogen-bond acceptors (Lipinski definition) is 1. The Morgan fingerprint density at radius 1 is 1.00 bits per heavy atom. The summed E-state index contributed by atoms with van der Waals surface area (Å²) in [7, 11) is 0. The Balaban J connectivity index is 1.89. The molecule has 1 saturated carbocycles. The smallest absolute Gasteiger partial charge is 0.147 e. The molecule has 0 amide bonds. The zero-order valence-corrected chi connectivity index (χ0v) is 13.1. The van der Waals surface area contributed by atoms with Gasteiger partial charge in [-0.05, 0) is 36.1 Å². The third-order valence-electron chi connectivity index (χ3n) is 4.42. The van der Waals surface area contributed by atoms with Crippen LogP contribution in [0.5, 0.6) is 0 Å². The minimum Gasteiger partial charge on any atom is -0.298 e. The van der Waals surface area contributed by atoms with E-state index in [1.807, 2.05) is 42.5 Å². The molecule has 0 heterocycles. The molecule has 0 atom stereocenters. The summed E-state index contributed by atoms with van der Waals surface area (Å²) in [6.45, 7) is 0. The van der Waals surface area contributed by atoms with Crippen molar-refractivity contribution >= 4 is 29.0 Å². The number of carbonyl (C=O) groups is 1. The van der Waals surface area contributed by atoms with Crippen molar-refractivity contribution in [2.24, 2.45) is 0 Å². The lowest BCUT2D eigenvalue weighted by atomic mass is 9.61. The van der Waals surface area contributed by atoms with Crippen molar-refractivity contribution in [3.8, 4) is 0 Å². The molecule has 1 fully saturated rings. The van der Waals surface area contributed by atoms with Crippen LogP contribution in [0.15, 0.2) is 48.5 Å². The van der Waals surface area contributed by atoms with Crippen molar-refractivity contribution < 1.29 is 4.79 Å². The first-order valence-corrected chi connectivity index (χ1v) is 7.90. The third-order valence-corrected chi connectivity index (χ3v) is 5.16. The standard InChI is InChI=1S/C18H16Cl2O/c19-15-8-7-14(12-16(15)20)18(9-4-10-18)17(21)11-13-5-2-1-3-6-13/h1-3,5-8,12H,4,9-11H2. The van der Waals surface area contributed by atoms with Crippen molar-refractivity contribution in [3.63, 3.8) is 0 Å². The Hall–Kier alpha value is -1.31. The quantitative estimate of drug-likeness (QED) is 0.754. The van der Waals surface area contributed by atoms with E-state index in [0.717, 1.165) is 30.4 Å². The number of benzene rings is 2. The Morgan fingerprint density at radius 3 is 2.29 bits per heavy atom. The fraction of sp³-hybridized carbons (Fsp3) is 0.278. The molecule has 0 saturated heterocycles. The second-order valence-electron chi connectivity index (χ2n) is 5.65. The van der Waals surface area contributed by atoms with Gasteiger partial charge >= 0.3 is 0 Å². The van der Waals surface area contributed by atoms with Gasteiger partial charge in [0.15, 0.2) is 0 Å². The highest BCUT2D eigenvalue weighted by molar-refractivity contribution is 6.42. The van der Waals surface area contributed by atoms with Crippen molar-refractivity contribution in [2.45, 2.75) is 31.1 Å². The summed E-state index contributed by atoms with van der Waals surface area (Å²) in [5.74, 6) is 0.276. The summed E-state index contributed by atoms with van der Waals surface area (Å²) < 4.78 is 0. The lowest BCUT2D eigenvalue weighted by Gasteiger charge is -2.41. The molecule has 1 nitrogen and oxygen atoms in total. The molecule has 21 heavy (non-hydrogen) atoms. The number of Topliss-reactive ketones (excluding diaryl/α,β-unsaturated/α-hetero) is 1. The third kappa shape index (κ3) is 2.73. The van der Waals surface area contributed by atoms with E-state index in [1.165, 1.54) is 0 Å². The second-order valence-corrected chi connectivity index (χ2v) is 6.46. The van der Waals surface area contributed by atoms with Crippen molar-refractivity contribution in [2.75, 3.05) is 0 Å². The van der Waals surface area contributed by atoms with Gasteiger partial charge in [-0.25, -0.2) is 0 Å². The van der Waals surface area contributed by atoms with E-state index in [9.17, 15) is 4.79 Å². The molecule has 2 aromatic rings. The van der Waals surface area contributed by atoms with Crippen molar-refractivity contribution in [1.82, 2.24) is 0 Å². The van der Waals surface area contributed by atoms with Crippen LogP contribution in [0.25, 0.3) is 0 Å². The van der Waals surface area contributed by atoms with E-state index in [1.54, 1.807) is 6.07 Å². The van der Waals surface area contributed by atoms with Crippen LogP contribution in [0.2, 0.25) is 10.0 Å². The van der Waals surface area contributed by atoms with Gasteiger partial charge in [-0.15, -0.1) is 0 Å². The lowest BCUT2D eigenvalue weighted by molar-refractivity contribution is -0.127. The van der Waals surface area contributed by atoms with Gasteiger partial charge in [0, 0.05) is 6.42 Å². The first-order valence-electron chi connectivity index (χ1n) is 7.15. The van der Waals surface area contributed by atoms with Crippen LogP contribution in [0.4, 0.5) is 0 Å². The second kappa shape index (κ2) is 5.82. The van der Waals surface area contributed by atoms with Crippen LogP contribution >= 0.6 is 23.2 Å². The molecule has 0 bridgehead atoms. The molecule has 1 aliphatic carbocycles. The van der Waals surface area contributed by atoms with Gasteiger partial charge in [0.2, 0.25) is 0 Å². The molecular weight excluding hydrogens is 303 g/mol. The Labute approximate surface area is 134 Å². The van der Waals surface area contributed by atoms with Crippen LogP contribution in [-0.4, -0.2) is 5.78 Å². The van der Waals surface area contributed by atoms with E-state index in [-0.39, 0.29) is 11.2 Å². The lowest BCUT2D eigenvalue weighted by Crippen LogP contribution is -2.43. The zero-order chi connectivity index (χ0) is 14.9. The molecule has 0 N–H and O–H groups in total. The number of carbonyl (C=O) groups excluding carboxylic acids is 1. The molecule has 108 valence electrons. The first kappa shape index (κ1) is 14.6. The van der Waals surface area contributed by atoms with Crippen LogP contribution in [0.3, 0.4) is 0 Å². The molecule has 2 aromatic carbocycles. The molecule has 0 radical (unpaired) electrons. The van der Waals surface area contributed by atoms with Crippen LogP contribution in [0, 0.1) is 0 Å². The first-order chi connectivity index (χ1) is 10.1. The molecule has 0 aromatic heterocycles. The maximum absolute atomic E-state index is 12.8. The van der Waals surface area contributed by atoms with E-state index >= 15 is 0 Å². The summed E-state index contributed by atoms with van der Waals surface area (Å²) in [6, 6.07) is 15.5. The van der Waals surface area contributed by atoms with Gasteiger partial charge in [0.05, 0.1) is 15.5 Å². The van der Waals surface area contributed by atoms with Crippen LogP contribution in [-0.2, 0) is 16.6 Å². The molecule has 3 rings (SSSR count). The van der Waals surface area contributed by atoms with Gasteiger partial charge in [-0.3, -0.25) is 4.79 Å². The van der Waals surface area contributed by atoms with Gasteiger partial charge in [0.25, 0.3) is 0 Å². The fourth-order valence-corrected chi connectivity index (χ4v) is 3.30.